The molecule has 0 heterocycles. The quantitative estimate of drug-likeness (QED) is 0.389. The molecule has 24 heavy (non-hydrogen) atoms. The van der Waals surface area contributed by atoms with Gasteiger partial charge in [-0.2, -0.15) is 0 Å². The summed E-state index contributed by atoms with van der Waals surface area (Å²) in [6, 6.07) is 4.86. The fourth-order valence-electron chi connectivity index (χ4n) is 2.19. The third-order valence-electron chi connectivity index (χ3n) is 3.60. The Morgan fingerprint density at radius 3 is 2.79 bits per heavy atom. The third kappa shape index (κ3) is 5.81. The van der Waals surface area contributed by atoms with Gasteiger partial charge in [0.25, 0.3) is 11.6 Å². The molecule has 1 amide bonds. The topological polar surface area (TPSA) is 93.5 Å². The first kappa shape index (κ1) is 18.2. The number of nitrogens with one attached hydrogen (secondary N) is 2. The van der Waals surface area contributed by atoms with Gasteiger partial charge < -0.3 is 15.4 Å². The Kier molecular flexibility index (Phi) is 6.54. The SMILES string of the molecule is CC(C)COCCCNC(=O)c1ccc(NC2CC2)c([N+](=O)[O-])c1. The van der Waals surface area contributed by atoms with Crippen LogP contribution in [0.1, 0.15) is 43.5 Å². The van der Waals surface area contributed by atoms with Crippen LogP contribution < -0.4 is 10.6 Å². The molecule has 0 aliphatic heterocycles. The van der Waals surface area contributed by atoms with Crippen molar-refractivity contribution in [1.82, 2.24) is 5.32 Å². The highest BCUT2D eigenvalue weighted by Gasteiger charge is 2.25. The molecule has 2 N–H and O–H groups in total. The lowest BCUT2D eigenvalue weighted by Crippen LogP contribution is -2.25. The molecule has 1 fully saturated rings. The first-order valence-electron chi connectivity index (χ1n) is 8.38. The summed E-state index contributed by atoms with van der Waals surface area (Å²) >= 11 is 0. The monoisotopic (exact) mass is 335 g/mol. The van der Waals surface area contributed by atoms with Crippen molar-refractivity contribution in [2.75, 3.05) is 25.1 Å². The number of rotatable bonds is 10. The Hall–Kier alpha value is -2.15. The van der Waals surface area contributed by atoms with E-state index in [0.29, 0.717) is 49.4 Å². The van der Waals surface area contributed by atoms with Crippen LogP contribution in [0.3, 0.4) is 0 Å². The number of carbonyl (C=O) groups excluding carboxylic acids is 1. The second-order valence-corrected chi connectivity index (χ2v) is 6.49. The van der Waals surface area contributed by atoms with Gasteiger partial charge in [-0.15, -0.1) is 0 Å². The highest BCUT2D eigenvalue weighted by atomic mass is 16.6. The maximum atomic E-state index is 12.1. The number of amides is 1. The van der Waals surface area contributed by atoms with Crippen LogP contribution in [0, 0.1) is 16.0 Å². The average molecular weight is 335 g/mol. The normalized spacial score (nSPS) is 13.8. The molecule has 1 saturated carbocycles. The number of anilines is 1. The van der Waals surface area contributed by atoms with E-state index < -0.39 is 4.92 Å². The average Bonchev–Trinajstić information content (AvgIpc) is 3.34. The molecule has 132 valence electrons. The molecule has 1 aromatic carbocycles. The maximum Gasteiger partial charge on any atom is 0.293 e. The lowest BCUT2D eigenvalue weighted by molar-refractivity contribution is -0.384. The predicted molar refractivity (Wildman–Crippen MR) is 92.3 cm³/mol. The van der Waals surface area contributed by atoms with Gasteiger partial charge in [-0.05, 0) is 37.3 Å². The fraction of sp³-hybridized carbons (Fsp3) is 0.588. The molecule has 1 aliphatic rings. The molecule has 0 radical (unpaired) electrons. The lowest BCUT2D eigenvalue weighted by Gasteiger charge is -2.09. The van der Waals surface area contributed by atoms with Crippen molar-refractivity contribution in [1.29, 1.82) is 0 Å². The maximum absolute atomic E-state index is 12.1. The van der Waals surface area contributed by atoms with Gasteiger partial charge in [0.05, 0.1) is 4.92 Å². The number of carbonyl (C=O) groups is 1. The molecule has 7 heteroatoms. The van der Waals surface area contributed by atoms with Gasteiger partial charge >= 0.3 is 0 Å². The van der Waals surface area contributed by atoms with Gasteiger partial charge in [0, 0.05) is 37.4 Å². The minimum Gasteiger partial charge on any atom is -0.381 e. The predicted octanol–water partition coefficient (Wildman–Crippen LogP) is 2.96. The molecule has 0 aromatic heterocycles. The van der Waals surface area contributed by atoms with Crippen molar-refractivity contribution in [2.45, 2.75) is 39.2 Å². The standard InChI is InChI=1S/C17H25N3O4/c1-12(2)11-24-9-3-8-18-17(21)13-4-7-15(19-14-5-6-14)16(10-13)20(22)23/h4,7,10,12,14,19H,3,5-6,8-9,11H2,1-2H3,(H,18,21). The van der Waals surface area contributed by atoms with E-state index in [1.165, 1.54) is 6.07 Å². The molecule has 1 aromatic rings. The number of nitro benzene ring substituents is 1. The Labute approximate surface area is 141 Å². The molecule has 1 aliphatic carbocycles. The summed E-state index contributed by atoms with van der Waals surface area (Å²) in [6.07, 6.45) is 2.76. The molecule has 7 nitrogen and oxygen atoms in total. The van der Waals surface area contributed by atoms with Crippen LogP contribution in [0.15, 0.2) is 18.2 Å². The molecular formula is C17H25N3O4. The summed E-state index contributed by atoms with van der Waals surface area (Å²) < 4.78 is 5.44. The molecular weight excluding hydrogens is 310 g/mol. The van der Waals surface area contributed by atoms with Crippen LogP contribution in [0.2, 0.25) is 0 Å². The van der Waals surface area contributed by atoms with Crippen molar-refractivity contribution < 1.29 is 14.5 Å². The highest BCUT2D eigenvalue weighted by molar-refractivity contribution is 5.95. The number of nitrogens with zero attached hydrogens (tertiary/aromatic N) is 1. The van der Waals surface area contributed by atoms with E-state index in [1.54, 1.807) is 12.1 Å². The molecule has 2 rings (SSSR count). The van der Waals surface area contributed by atoms with E-state index in [1.807, 2.05) is 0 Å². The second kappa shape index (κ2) is 8.63. The first-order chi connectivity index (χ1) is 11.5. The molecule has 0 unspecified atom stereocenters. The number of benzene rings is 1. The van der Waals surface area contributed by atoms with Crippen LogP contribution >= 0.6 is 0 Å². The van der Waals surface area contributed by atoms with E-state index in [4.69, 9.17) is 4.74 Å². The summed E-state index contributed by atoms with van der Waals surface area (Å²) in [5.41, 5.74) is 0.710. The van der Waals surface area contributed by atoms with Crippen LogP contribution in [-0.4, -0.2) is 36.6 Å². The van der Waals surface area contributed by atoms with Crippen LogP contribution in [0.4, 0.5) is 11.4 Å². The van der Waals surface area contributed by atoms with E-state index in [-0.39, 0.29) is 11.6 Å². The zero-order chi connectivity index (χ0) is 17.5. The van der Waals surface area contributed by atoms with Crippen molar-refractivity contribution in [3.05, 3.63) is 33.9 Å². The van der Waals surface area contributed by atoms with Gasteiger partial charge in [-0.25, -0.2) is 0 Å². The zero-order valence-corrected chi connectivity index (χ0v) is 14.2. The summed E-state index contributed by atoms with van der Waals surface area (Å²) in [7, 11) is 0. The van der Waals surface area contributed by atoms with Gasteiger partial charge in [0.2, 0.25) is 0 Å². The van der Waals surface area contributed by atoms with Crippen LogP contribution in [-0.2, 0) is 4.74 Å². The van der Waals surface area contributed by atoms with Gasteiger partial charge in [-0.1, -0.05) is 13.8 Å². The first-order valence-corrected chi connectivity index (χ1v) is 8.38. The van der Waals surface area contributed by atoms with E-state index in [2.05, 4.69) is 24.5 Å². The molecule has 0 saturated heterocycles. The Morgan fingerprint density at radius 2 is 2.17 bits per heavy atom. The van der Waals surface area contributed by atoms with Crippen LogP contribution in [0.5, 0.6) is 0 Å². The van der Waals surface area contributed by atoms with E-state index in [0.717, 1.165) is 12.8 Å². The number of ether oxygens (including phenoxy) is 1. The minimum atomic E-state index is -0.457. The van der Waals surface area contributed by atoms with Crippen molar-refractivity contribution in [3.63, 3.8) is 0 Å². The molecule has 0 atom stereocenters. The van der Waals surface area contributed by atoms with E-state index in [9.17, 15) is 14.9 Å². The van der Waals surface area contributed by atoms with Gasteiger partial charge in [-0.3, -0.25) is 14.9 Å². The minimum absolute atomic E-state index is 0.0604. The Bertz CT molecular complexity index is 585. The zero-order valence-electron chi connectivity index (χ0n) is 14.2. The number of nitro groups is 1. The largest absolute Gasteiger partial charge is 0.381 e. The van der Waals surface area contributed by atoms with Crippen molar-refractivity contribution in [2.24, 2.45) is 5.92 Å². The smallest absolute Gasteiger partial charge is 0.293 e. The Morgan fingerprint density at radius 1 is 1.42 bits per heavy atom. The molecule has 0 bridgehead atoms. The highest BCUT2D eigenvalue weighted by Crippen LogP contribution is 2.31. The third-order valence-corrected chi connectivity index (χ3v) is 3.60. The number of hydrogen-bond donors (Lipinski definition) is 2. The molecule has 0 spiro atoms. The van der Waals surface area contributed by atoms with Crippen molar-refractivity contribution >= 4 is 17.3 Å². The second-order valence-electron chi connectivity index (χ2n) is 6.49. The summed E-state index contributed by atoms with van der Waals surface area (Å²) in [6.45, 7) is 5.93. The lowest BCUT2D eigenvalue weighted by atomic mass is 10.1. The Balaban J connectivity index is 1.84. The van der Waals surface area contributed by atoms with Crippen LogP contribution in [0.25, 0.3) is 0 Å². The summed E-state index contributed by atoms with van der Waals surface area (Å²) in [5, 5.41) is 17.1. The number of hydrogen-bond acceptors (Lipinski definition) is 5. The van der Waals surface area contributed by atoms with Gasteiger partial charge in [0.1, 0.15) is 5.69 Å². The van der Waals surface area contributed by atoms with Gasteiger partial charge in [0.15, 0.2) is 0 Å². The fourth-order valence-corrected chi connectivity index (χ4v) is 2.19. The summed E-state index contributed by atoms with van der Waals surface area (Å²) in [5.74, 6) is 0.183. The summed E-state index contributed by atoms with van der Waals surface area (Å²) in [4.78, 5) is 22.9. The van der Waals surface area contributed by atoms with Crippen molar-refractivity contribution in [3.8, 4) is 0 Å². The van der Waals surface area contributed by atoms with E-state index >= 15 is 0 Å².